The maximum atomic E-state index is 4.20. The van der Waals surface area contributed by atoms with E-state index in [-0.39, 0.29) is 0 Å². The van der Waals surface area contributed by atoms with Crippen molar-refractivity contribution in [2.75, 3.05) is 6.54 Å². The summed E-state index contributed by atoms with van der Waals surface area (Å²) in [6, 6.07) is 0.659. The van der Waals surface area contributed by atoms with Gasteiger partial charge in [0.05, 0.1) is 6.20 Å². The van der Waals surface area contributed by atoms with Gasteiger partial charge in [-0.2, -0.15) is 5.10 Å². The third-order valence-electron chi connectivity index (χ3n) is 3.20. The van der Waals surface area contributed by atoms with E-state index in [2.05, 4.69) is 37.4 Å². The van der Waals surface area contributed by atoms with Crippen molar-refractivity contribution in [3.8, 4) is 0 Å². The van der Waals surface area contributed by atoms with Crippen LogP contribution in [0.3, 0.4) is 0 Å². The normalized spacial score (nSPS) is 13.2. The molecule has 0 fully saturated rings. The van der Waals surface area contributed by atoms with Crippen LogP contribution in [0.15, 0.2) is 12.4 Å². The fourth-order valence-electron chi connectivity index (χ4n) is 2.13. The molecule has 1 atom stereocenters. The van der Waals surface area contributed by atoms with Crippen LogP contribution in [0.5, 0.6) is 0 Å². The Bertz CT molecular complexity index is 304. The minimum absolute atomic E-state index is 0.659. The van der Waals surface area contributed by atoms with Crippen molar-refractivity contribution in [1.82, 2.24) is 15.1 Å². The number of aromatic nitrogens is 2. The summed E-state index contributed by atoms with van der Waals surface area (Å²) in [5.41, 5.74) is 1.35. The van der Waals surface area contributed by atoms with E-state index in [1.807, 2.05) is 17.9 Å². The molecule has 1 heterocycles. The molecule has 98 valence electrons. The molecule has 0 aliphatic heterocycles. The second-order valence-corrected chi connectivity index (χ2v) is 5.22. The summed E-state index contributed by atoms with van der Waals surface area (Å²) >= 11 is 0. The van der Waals surface area contributed by atoms with Crippen LogP contribution in [0.2, 0.25) is 0 Å². The molecule has 0 saturated carbocycles. The molecule has 0 aliphatic carbocycles. The first kappa shape index (κ1) is 14.2. The van der Waals surface area contributed by atoms with Crippen LogP contribution in [0, 0.1) is 5.92 Å². The fraction of sp³-hybridized carbons (Fsp3) is 0.786. The number of hydrogen-bond donors (Lipinski definition) is 1. The lowest BCUT2D eigenvalue weighted by Gasteiger charge is -2.22. The van der Waals surface area contributed by atoms with Gasteiger partial charge in [-0.25, -0.2) is 0 Å². The molecule has 1 aromatic rings. The minimum atomic E-state index is 0.659. The van der Waals surface area contributed by atoms with Crippen molar-refractivity contribution >= 4 is 0 Å². The predicted molar refractivity (Wildman–Crippen MR) is 73.1 cm³/mol. The van der Waals surface area contributed by atoms with Gasteiger partial charge in [0.15, 0.2) is 0 Å². The number of aryl methyl sites for hydroxylation is 2. The van der Waals surface area contributed by atoms with Crippen LogP contribution < -0.4 is 5.32 Å². The molecule has 3 heteroatoms. The SMILES string of the molecule is CCCNC(CCCc1cnn(C)c1)C(C)C. The molecule has 1 rings (SSSR count). The molecule has 3 nitrogen and oxygen atoms in total. The summed E-state index contributed by atoms with van der Waals surface area (Å²) in [5, 5.41) is 7.84. The number of nitrogens with one attached hydrogen (secondary N) is 1. The van der Waals surface area contributed by atoms with Crippen molar-refractivity contribution in [3.63, 3.8) is 0 Å². The molecule has 1 N–H and O–H groups in total. The second-order valence-electron chi connectivity index (χ2n) is 5.22. The van der Waals surface area contributed by atoms with Crippen LogP contribution >= 0.6 is 0 Å². The Morgan fingerprint density at radius 3 is 2.71 bits per heavy atom. The van der Waals surface area contributed by atoms with Gasteiger partial charge < -0.3 is 5.32 Å². The van der Waals surface area contributed by atoms with E-state index in [9.17, 15) is 0 Å². The highest BCUT2D eigenvalue weighted by atomic mass is 15.2. The van der Waals surface area contributed by atoms with E-state index < -0.39 is 0 Å². The van der Waals surface area contributed by atoms with Gasteiger partial charge in [-0.15, -0.1) is 0 Å². The van der Waals surface area contributed by atoms with E-state index in [0.717, 1.165) is 18.9 Å². The molecule has 0 bridgehead atoms. The van der Waals surface area contributed by atoms with Crippen molar-refractivity contribution in [3.05, 3.63) is 18.0 Å². The smallest absolute Gasteiger partial charge is 0.0521 e. The Balaban J connectivity index is 2.26. The van der Waals surface area contributed by atoms with E-state index in [0.29, 0.717) is 6.04 Å². The highest BCUT2D eigenvalue weighted by Crippen LogP contribution is 2.11. The lowest BCUT2D eigenvalue weighted by Crippen LogP contribution is -2.34. The van der Waals surface area contributed by atoms with Crippen LogP contribution in [0.1, 0.15) is 45.6 Å². The van der Waals surface area contributed by atoms with Gasteiger partial charge in [0.25, 0.3) is 0 Å². The Hall–Kier alpha value is -0.830. The molecular weight excluding hydrogens is 210 g/mol. The van der Waals surface area contributed by atoms with Gasteiger partial charge in [-0.1, -0.05) is 20.8 Å². The van der Waals surface area contributed by atoms with Crippen LogP contribution in [0.4, 0.5) is 0 Å². The van der Waals surface area contributed by atoms with Gasteiger partial charge in [-0.05, 0) is 43.7 Å². The lowest BCUT2D eigenvalue weighted by atomic mass is 9.97. The van der Waals surface area contributed by atoms with Crippen molar-refractivity contribution < 1.29 is 0 Å². The van der Waals surface area contributed by atoms with Gasteiger partial charge in [0, 0.05) is 19.3 Å². The lowest BCUT2D eigenvalue weighted by molar-refractivity contribution is 0.370. The zero-order valence-corrected chi connectivity index (χ0v) is 11.7. The van der Waals surface area contributed by atoms with E-state index >= 15 is 0 Å². The number of rotatable bonds is 8. The first-order valence-electron chi connectivity index (χ1n) is 6.84. The molecular formula is C14H27N3. The Kier molecular flexibility index (Phi) is 6.27. The summed E-state index contributed by atoms with van der Waals surface area (Å²) in [6.07, 6.45) is 8.95. The average Bonchev–Trinajstić information content (AvgIpc) is 2.68. The Morgan fingerprint density at radius 1 is 1.41 bits per heavy atom. The quantitative estimate of drug-likeness (QED) is 0.753. The molecule has 0 amide bonds. The monoisotopic (exact) mass is 237 g/mol. The van der Waals surface area contributed by atoms with Gasteiger partial charge in [0.2, 0.25) is 0 Å². The van der Waals surface area contributed by atoms with Crippen LogP contribution in [-0.2, 0) is 13.5 Å². The maximum Gasteiger partial charge on any atom is 0.0521 e. The maximum absolute atomic E-state index is 4.20. The zero-order valence-electron chi connectivity index (χ0n) is 11.7. The highest BCUT2D eigenvalue weighted by Gasteiger charge is 2.11. The van der Waals surface area contributed by atoms with Gasteiger partial charge in [-0.3, -0.25) is 4.68 Å². The largest absolute Gasteiger partial charge is 0.314 e. The molecule has 0 aliphatic rings. The Labute approximate surface area is 106 Å². The molecule has 17 heavy (non-hydrogen) atoms. The molecule has 1 unspecified atom stereocenters. The number of hydrogen-bond acceptors (Lipinski definition) is 2. The molecule has 0 aromatic carbocycles. The highest BCUT2D eigenvalue weighted by molar-refractivity contribution is 5.03. The predicted octanol–water partition coefficient (Wildman–Crippen LogP) is 2.77. The van der Waals surface area contributed by atoms with Crippen molar-refractivity contribution in [2.45, 2.75) is 52.5 Å². The summed E-state index contributed by atoms with van der Waals surface area (Å²) in [6.45, 7) is 7.96. The van der Waals surface area contributed by atoms with Gasteiger partial charge >= 0.3 is 0 Å². The third kappa shape index (κ3) is 5.35. The van der Waals surface area contributed by atoms with Crippen LogP contribution in [0.25, 0.3) is 0 Å². The number of nitrogens with zero attached hydrogens (tertiary/aromatic N) is 2. The van der Waals surface area contributed by atoms with Crippen molar-refractivity contribution in [1.29, 1.82) is 0 Å². The van der Waals surface area contributed by atoms with E-state index in [1.165, 1.54) is 24.8 Å². The average molecular weight is 237 g/mol. The van der Waals surface area contributed by atoms with E-state index in [4.69, 9.17) is 0 Å². The molecule has 1 aromatic heterocycles. The molecule has 0 saturated heterocycles. The zero-order chi connectivity index (χ0) is 12.7. The third-order valence-corrected chi connectivity index (χ3v) is 3.20. The summed E-state index contributed by atoms with van der Waals surface area (Å²) in [4.78, 5) is 0. The summed E-state index contributed by atoms with van der Waals surface area (Å²) < 4.78 is 1.88. The van der Waals surface area contributed by atoms with E-state index in [1.54, 1.807) is 0 Å². The minimum Gasteiger partial charge on any atom is -0.314 e. The second kappa shape index (κ2) is 7.49. The fourth-order valence-corrected chi connectivity index (χ4v) is 2.13. The molecule has 0 spiro atoms. The Morgan fingerprint density at radius 2 is 2.18 bits per heavy atom. The molecule has 0 radical (unpaired) electrons. The van der Waals surface area contributed by atoms with Crippen LogP contribution in [-0.4, -0.2) is 22.4 Å². The van der Waals surface area contributed by atoms with Crippen molar-refractivity contribution in [2.24, 2.45) is 13.0 Å². The first-order chi connectivity index (χ1) is 8.13. The van der Waals surface area contributed by atoms with Gasteiger partial charge in [0.1, 0.15) is 0 Å². The summed E-state index contributed by atoms with van der Waals surface area (Å²) in [5.74, 6) is 0.718. The first-order valence-corrected chi connectivity index (χ1v) is 6.84. The summed E-state index contributed by atoms with van der Waals surface area (Å²) in [7, 11) is 1.98. The standard InChI is InChI=1S/C14H27N3/c1-5-9-15-14(12(2)3)8-6-7-13-10-16-17(4)11-13/h10-12,14-15H,5-9H2,1-4H3. The topological polar surface area (TPSA) is 29.9 Å².